The van der Waals surface area contributed by atoms with Gasteiger partial charge < -0.3 is 47.7 Å². The van der Waals surface area contributed by atoms with Gasteiger partial charge in [-0.15, -0.1) is 0 Å². The summed E-state index contributed by atoms with van der Waals surface area (Å²) in [6, 6.07) is 57.2. The monoisotopic (exact) mass is 1150 g/mol. The molecule has 8 rings (SSSR count). The fourth-order valence-corrected chi connectivity index (χ4v) is 11.1. The fraction of sp³-hybridized carbons (Fsp3) is 0.471. The van der Waals surface area contributed by atoms with Crippen LogP contribution in [0.1, 0.15) is 130 Å². The lowest BCUT2D eigenvalue weighted by Crippen LogP contribution is -2.69. The lowest BCUT2D eigenvalue weighted by Gasteiger charge is -2.50. The van der Waals surface area contributed by atoms with E-state index in [1.807, 2.05) is 182 Å². The second-order valence-electron chi connectivity index (χ2n) is 22.1. The first-order valence-corrected chi connectivity index (χ1v) is 30.6. The number of nitrogens with zero attached hydrogens (tertiary/aromatic N) is 3. The third-order valence-electron chi connectivity index (χ3n) is 15.6. The normalized spacial score (nSPS) is 23.1. The van der Waals surface area contributed by atoms with Crippen LogP contribution in [-0.2, 0) is 87.1 Å². The number of azide groups is 1. The van der Waals surface area contributed by atoms with Crippen LogP contribution in [0.5, 0.6) is 0 Å². The van der Waals surface area contributed by atoms with Crippen molar-refractivity contribution in [3.05, 3.63) is 226 Å². The maximum absolute atomic E-state index is 14.3. The second kappa shape index (κ2) is 36.6. The highest BCUT2D eigenvalue weighted by molar-refractivity contribution is 5.69. The van der Waals surface area contributed by atoms with Crippen molar-refractivity contribution in [1.82, 2.24) is 0 Å². The highest BCUT2D eigenvalue weighted by Crippen LogP contribution is 2.38. The third kappa shape index (κ3) is 20.8. The van der Waals surface area contributed by atoms with Gasteiger partial charge in [-0.05, 0) is 45.3 Å². The minimum absolute atomic E-state index is 0.0151. The average Bonchev–Trinajstić information content (AvgIpc) is 2.74. The van der Waals surface area contributed by atoms with Crippen molar-refractivity contribution >= 4 is 5.97 Å². The number of hydrogen-bond donors (Lipinski definition) is 1. The predicted octanol–water partition coefficient (Wildman–Crippen LogP) is 14.7. The van der Waals surface area contributed by atoms with E-state index in [1.54, 1.807) is 0 Å². The van der Waals surface area contributed by atoms with E-state index in [0.29, 0.717) is 6.42 Å². The maximum Gasteiger partial charge on any atom is 0.306 e. The number of hydrogen-bond acceptors (Lipinski definition) is 12. The lowest BCUT2D eigenvalue weighted by atomic mass is 9.83. The number of aliphatic hydroxyl groups is 1. The van der Waals surface area contributed by atoms with Crippen molar-refractivity contribution < 1.29 is 52.5 Å². The number of unbranched alkanes of at least 4 members (excludes halogenated alkanes) is 12. The SMILES string of the molecule is CCCCCCCCCCCCCCCC(=O)O[C@H]1C(OCc2ccccc2)[C@H](OCc2ccccc2)[C@H](OCc2ccccc2)C(O[C@H]2OC(COCc3ccccc3)[C@@H](OCc3ccccc3)[C@H](OCc3ccccc3)C2N=[N+]=[N-])[C@H]1O. The first kappa shape index (κ1) is 63.8. The van der Waals surface area contributed by atoms with E-state index >= 15 is 0 Å². The molecule has 1 N–H and O–H groups in total. The molecule has 2 fully saturated rings. The number of rotatable bonds is 37. The van der Waals surface area contributed by atoms with Gasteiger partial charge in [0.25, 0.3) is 0 Å². The summed E-state index contributed by atoms with van der Waals surface area (Å²) >= 11 is 0. The molecule has 4 unspecified atom stereocenters. The molecular formula is C70H87N3O11. The Morgan fingerprint density at radius 1 is 0.452 bits per heavy atom. The summed E-state index contributed by atoms with van der Waals surface area (Å²) in [7, 11) is 0. The Labute approximate surface area is 497 Å². The Morgan fingerprint density at radius 2 is 0.798 bits per heavy atom. The topological polar surface area (TPSA) is 169 Å². The quantitative estimate of drug-likeness (QED) is 0.0129. The molecule has 11 atom stereocenters. The van der Waals surface area contributed by atoms with Crippen LogP contribution in [0.15, 0.2) is 187 Å². The van der Waals surface area contributed by atoms with E-state index < -0.39 is 73.2 Å². The molecule has 14 heteroatoms. The number of aliphatic hydroxyl groups excluding tert-OH is 1. The summed E-state index contributed by atoms with van der Waals surface area (Å²) in [6.07, 6.45) is 3.68. The molecule has 1 saturated carbocycles. The van der Waals surface area contributed by atoms with Crippen molar-refractivity contribution in [3.8, 4) is 0 Å². The van der Waals surface area contributed by atoms with Crippen LogP contribution in [0.4, 0.5) is 0 Å². The van der Waals surface area contributed by atoms with Gasteiger partial charge in [0.1, 0.15) is 54.9 Å². The van der Waals surface area contributed by atoms with Gasteiger partial charge in [-0.2, -0.15) is 0 Å². The van der Waals surface area contributed by atoms with Crippen LogP contribution in [0.2, 0.25) is 0 Å². The molecule has 14 nitrogen and oxygen atoms in total. The fourth-order valence-electron chi connectivity index (χ4n) is 11.1. The number of ether oxygens (including phenoxy) is 9. The van der Waals surface area contributed by atoms with Crippen LogP contribution in [0.25, 0.3) is 10.4 Å². The molecule has 6 aromatic rings. The average molecular weight is 1150 g/mol. The van der Waals surface area contributed by atoms with Gasteiger partial charge in [0.2, 0.25) is 0 Å². The van der Waals surface area contributed by atoms with Gasteiger partial charge in [0.15, 0.2) is 12.4 Å². The molecule has 2 aliphatic rings. The highest BCUT2D eigenvalue weighted by Gasteiger charge is 2.58. The Hall–Kier alpha value is -6.26. The van der Waals surface area contributed by atoms with E-state index in [9.17, 15) is 15.4 Å². The van der Waals surface area contributed by atoms with E-state index in [4.69, 9.17) is 42.6 Å². The largest absolute Gasteiger partial charge is 0.457 e. The summed E-state index contributed by atoms with van der Waals surface area (Å²) < 4.78 is 61.7. The first-order chi connectivity index (χ1) is 41.5. The van der Waals surface area contributed by atoms with Gasteiger partial charge in [-0.3, -0.25) is 4.79 Å². The highest BCUT2D eigenvalue weighted by atomic mass is 16.7. The van der Waals surface area contributed by atoms with Gasteiger partial charge in [0.05, 0.1) is 46.2 Å². The van der Waals surface area contributed by atoms with Gasteiger partial charge in [-0.25, -0.2) is 0 Å². The van der Waals surface area contributed by atoms with Crippen molar-refractivity contribution in [2.75, 3.05) is 6.61 Å². The number of benzene rings is 6. The summed E-state index contributed by atoms with van der Waals surface area (Å²) in [4.78, 5) is 17.7. The second-order valence-corrected chi connectivity index (χ2v) is 22.1. The predicted molar refractivity (Wildman–Crippen MR) is 324 cm³/mol. The number of carbonyl (C=O) groups is 1. The molecular weight excluding hydrogens is 1060 g/mol. The van der Waals surface area contributed by atoms with Gasteiger partial charge in [-0.1, -0.05) is 271 Å². The molecule has 1 aliphatic heterocycles. The van der Waals surface area contributed by atoms with Crippen LogP contribution in [0, 0.1) is 0 Å². The number of carbonyl (C=O) groups excluding carboxylic acids is 1. The smallest absolute Gasteiger partial charge is 0.306 e. The molecule has 0 aromatic heterocycles. The minimum Gasteiger partial charge on any atom is -0.457 e. The first-order valence-electron chi connectivity index (χ1n) is 30.6. The lowest BCUT2D eigenvalue weighted by molar-refractivity contribution is -0.336. The van der Waals surface area contributed by atoms with Crippen LogP contribution < -0.4 is 0 Å². The van der Waals surface area contributed by atoms with E-state index in [-0.39, 0.29) is 52.7 Å². The van der Waals surface area contributed by atoms with Gasteiger partial charge >= 0.3 is 5.97 Å². The minimum atomic E-state index is -1.60. The Kier molecular flexibility index (Phi) is 27.7. The van der Waals surface area contributed by atoms with Crippen molar-refractivity contribution in [2.45, 2.75) is 204 Å². The van der Waals surface area contributed by atoms with Crippen molar-refractivity contribution in [3.63, 3.8) is 0 Å². The summed E-state index contributed by atoms with van der Waals surface area (Å²) in [5.74, 6) is -0.482. The summed E-state index contributed by atoms with van der Waals surface area (Å²) in [5.41, 5.74) is 15.8. The number of esters is 1. The van der Waals surface area contributed by atoms with E-state index in [0.717, 1.165) is 52.6 Å². The molecule has 0 amide bonds. The molecule has 0 spiro atoms. The van der Waals surface area contributed by atoms with Crippen molar-refractivity contribution in [2.24, 2.45) is 5.11 Å². The van der Waals surface area contributed by atoms with Gasteiger partial charge in [0, 0.05) is 11.3 Å². The Morgan fingerprint density at radius 3 is 1.20 bits per heavy atom. The third-order valence-corrected chi connectivity index (χ3v) is 15.6. The maximum atomic E-state index is 14.3. The van der Waals surface area contributed by atoms with Crippen LogP contribution in [-0.4, -0.2) is 85.0 Å². The molecule has 6 aromatic carbocycles. The standard InChI is InChI=1S/C70H87N3O11/c1-2-3-4-5-6-7-8-9-10-11-12-13-32-45-60(74)83-65-62(75)66(68(80-50-57-41-28-18-29-42-57)69(81-51-58-43-30-19-31-44-58)67(65)79-49-56-39-26-17-27-40-56)84-70-61(72-73-71)64(78-48-55-37-24-16-25-38-55)63(77-47-54-35-22-15-23-36-54)59(82-70)52-76-46-53-33-20-14-21-34-53/h14-31,33-44,59,61-70,75H,2-13,32,45-52H2,1H3/t59?,61?,62-,63+,64+,65+,66?,67?,68+,69-,70+/m0/s1. The zero-order valence-corrected chi connectivity index (χ0v) is 48.9. The Bertz CT molecular complexity index is 2750. The van der Waals surface area contributed by atoms with Crippen molar-refractivity contribution in [1.29, 1.82) is 0 Å². The van der Waals surface area contributed by atoms with E-state index in [2.05, 4.69) is 16.9 Å². The zero-order chi connectivity index (χ0) is 58.2. The molecule has 448 valence electrons. The zero-order valence-electron chi connectivity index (χ0n) is 48.9. The Balaban J connectivity index is 1.12. The molecule has 1 heterocycles. The van der Waals surface area contributed by atoms with Crippen LogP contribution in [0.3, 0.4) is 0 Å². The summed E-state index contributed by atoms with van der Waals surface area (Å²) in [6.45, 7) is 3.13. The molecule has 1 saturated heterocycles. The van der Waals surface area contributed by atoms with E-state index in [1.165, 1.54) is 57.8 Å². The molecule has 84 heavy (non-hydrogen) atoms. The molecule has 0 bridgehead atoms. The molecule has 1 aliphatic carbocycles. The molecule has 0 radical (unpaired) electrons. The summed E-state index contributed by atoms with van der Waals surface area (Å²) in [5, 5.41) is 17.6. The van der Waals surface area contributed by atoms with Crippen LogP contribution >= 0.6 is 0 Å².